The number of benzene rings is 2. The van der Waals surface area contributed by atoms with E-state index in [0.29, 0.717) is 30.8 Å². The number of alkyl carbamates (subject to hydrolysis) is 1. The molecule has 2 N–H and O–H groups in total. The predicted molar refractivity (Wildman–Crippen MR) is 156 cm³/mol. The highest BCUT2D eigenvalue weighted by atomic mass is 32.2. The van der Waals surface area contributed by atoms with Crippen LogP contribution in [-0.4, -0.2) is 79.0 Å². The molecule has 0 spiro atoms. The van der Waals surface area contributed by atoms with Gasteiger partial charge in [-0.15, -0.1) is 0 Å². The minimum absolute atomic E-state index is 0.0455. The van der Waals surface area contributed by atoms with Gasteiger partial charge in [0.25, 0.3) is 5.88 Å². The molecular weight excluding hydrogens is 594 g/mol. The smallest absolute Gasteiger partial charge is 0.413 e. The van der Waals surface area contributed by atoms with E-state index in [0.717, 1.165) is 0 Å². The van der Waals surface area contributed by atoms with Gasteiger partial charge in [-0.1, -0.05) is 18.2 Å². The second kappa shape index (κ2) is 13.6. The summed E-state index contributed by atoms with van der Waals surface area (Å²) in [4.78, 5) is 39.9. The third-order valence-corrected chi connectivity index (χ3v) is 7.36. The van der Waals surface area contributed by atoms with Crippen molar-refractivity contribution in [1.82, 2.24) is 20.3 Å². The van der Waals surface area contributed by atoms with Gasteiger partial charge in [0.1, 0.15) is 22.1 Å². The third kappa shape index (κ3) is 8.80. The van der Waals surface area contributed by atoms with Gasteiger partial charge in [-0.3, -0.25) is 20.3 Å². The molecule has 1 saturated heterocycles. The summed E-state index contributed by atoms with van der Waals surface area (Å²) >= 11 is 0. The molecule has 3 amide bonds. The monoisotopic (exact) mass is 627 g/mol. The van der Waals surface area contributed by atoms with Crippen molar-refractivity contribution < 1.29 is 41.0 Å². The molecule has 0 saturated carbocycles. The second-order valence-corrected chi connectivity index (χ2v) is 12.3. The number of nitrogens with zero attached hydrogens (tertiary/aromatic N) is 3. The van der Waals surface area contributed by atoms with Crippen LogP contribution >= 0.6 is 0 Å². The number of amides is 3. The number of carbonyl (C=O) groups excluding carboxylic acids is 3. The number of carbonyl (C=O) groups is 3. The first-order valence-corrected chi connectivity index (χ1v) is 15.1. The molecule has 0 radical (unpaired) electrons. The highest BCUT2D eigenvalue weighted by Gasteiger charge is 2.33. The number of hydrogen-bond acceptors (Lipinski definition) is 11. The number of hydrogen-bond donors (Lipinski definition) is 2. The number of rotatable bonds is 11. The van der Waals surface area contributed by atoms with E-state index in [1.807, 2.05) is 0 Å². The van der Waals surface area contributed by atoms with Gasteiger partial charge < -0.3 is 28.0 Å². The Morgan fingerprint density at radius 1 is 1.02 bits per heavy atom. The lowest BCUT2D eigenvalue weighted by molar-refractivity contribution is -0.156. The molecule has 3 aromatic rings. The summed E-state index contributed by atoms with van der Waals surface area (Å²) in [5.74, 6) is -1.08. The van der Waals surface area contributed by atoms with E-state index in [-0.39, 0.29) is 42.1 Å². The molecule has 14 nitrogen and oxygen atoms in total. The van der Waals surface area contributed by atoms with Crippen LogP contribution in [0.4, 0.5) is 4.79 Å². The van der Waals surface area contributed by atoms with Crippen LogP contribution in [-0.2, 0) is 31.0 Å². The van der Waals surface area contributed by atoms with Crippen molar-refractivity contribution >= 4 is 33.9 Å². The molecule has 15 heteroatoms. The van der Waals surface area contributed by atoms with Gasteiger partial charge >= 0.3 is 28.0 Å². The first-order chi connectivity index (χ1) is 20.8. The van der Waals surface area contributed by atoms with Gasteiger partial charge in [-0.25, -0.2) is 4.79 Å². The van der Waals surface area contributed by atoms with Gasteiger partial charge in [-0.2, -0.15) is 8.42 Å². The fourth-order valence-electron chi connectivity index (χ4n) is 4.06. The maximum Gasteiger partial charge on any atom is 0.413 e. The second-order valence-electron chi connectivity index (χ2n) is 10.7. The van der Waals surface area contributed by atoms with Crippen LogP contribution in [0.5, 0.6) is 11.6 Å². The highest BCUT2D eigenvalue weighted by molar-refractivity contribution is 7.87. The summed E-state index contributed by atoms with van der Waals surface area (Å²) < 4.78 is 45.7. The Labute approximate surface area is 254 Å². The van der Waals surface area contributed by atoms with Crippen LogP contribution in [0, 0.1) is 5.41 Å². The molecule has 1 aromatic heterocycles. The standard InChI is InChI=1S/C29H33N5O9S/c1-29(2,3)41-28(37)31-25(30)20-10-12-21(13-11-20)40-17-7-14-33-15-16-34(27(36)26(33)35)19-22-18-24(32-42-22)43-44(38,39)23-8-5-4-6-9-23/h4-6,8-13,18H,7,14-17,19H2,1-3H3,(H2,30,31,37). The minimum Gasteiger partial charge on any atom is -0.494 e. The lowest BCUT2D eigenvalue weighted by Gasteiger charge is -2.33. The molecule has 44 heavy (non-hydrogen) atoms. The minimum atomic E-state index is -4.10. The number of aromatic nitrogens is 1. The van der Waals surface area contributed by atoms with Crippen molar-refractivity contribution in [2.24, 2.45) is 0 Å². The Morgan fingerprint density at radius 2 is 1.68 bits per heavy atom. The number of ether oxygens (including phenoxy) is 2. The summed E-state index contributed by atoms with van der Waals surface area (Å²) in [6.07, 6.45) is -0.249. The average molecular weight is 628 g/mol. The topological polar surface area (TPSA) is 181 Å². The molecule has 1 aliphatic heterocycles. The van der Waals surface area contributed by atoms with E-state index in [9.17, 15) is 22.8 Å². The van der Waals surface area contributed by atoms with Gasteiger partial charge in [0.05, 0.1) is 13.2 Å². The Kier molecular flexibility index (Phi) is 9.88. The molecule has 234 valence electrons. The molecule has 1 aliphatic rings. The zero-order valence-electron chi connectivity index (χ0n) is 24.4. The van der Waals surface area contributed by atoms with Crippen LogP contribution < -0.4 is 14.2 Å². The molecule has 0 atom stereocenters. The van der Waals surface area contributed by atoms with E-state index in [4.69, 9.17) is 23.6 Å². The summed E-state index contributed by atoms with van der Waals surface area (Å²) in [5.41, 5.74) is -0.208. The number of nitrogens with one attached hydrogen (secondary N) is 2. The molecule has 4 rings (SSSR count). The van der Waals surface area contributed by atoms with Gasteiger partial charge in [0, 0.05) is 31.3 Å². The van der Waals surface area contributed by atoms with Crippen LogP contribution in [0.3, 0.4) is 0 Å². The molecule has 0 aliphatic carbocycles. The molecule has 0 unspecified atom stereocenters. The van der Waals surface area contributed by atoms with Crippen molar-refractivity contribution in [1.29, 1.82) is 5.41 Å². The van der Waals surface area contributed by atoms with Crippen molar-refractivity contribution in [3.8, 4) is 11.6 Å². The highest BCUT2D eigenvalue weighted by Crippen LogP contribution is 2.20. The van der Waals surface area contributed by atoms with E-state index in [1.54, 1.807) is 63.2 Å². The molecule has 2 heterocycles. The Bertz CT molecular complexity index is 1600. The lowest BCUT2D eigenvalue weighted by atomic mass is 10.2. The predicted octanol–water partition coefficient (Wildman–Crippen LogP) is 2.93. The van der Waals surface area contributed by atoms with Crippen molar-refractivity contribution in [3.63, 3.8) is 0 Å². The average Bonchev–Trinajstić information content (AvgIpc) is 3.40. The van der Waals surface area contributed by atoms with Crippen LogP contribution in [0.25, 0.3) is 0 Å². The zero-order chi connectivity index (χ0) is 31.9. The van der Waals surface area contributed by atoms with E-state index in [1.165, 1.54) is 28.0 Å². The molecule has 2 aromatic carbocycles. The zero-order valence-corrected chi connectivity index (χ0v) is 25.3. The SMILES string of the molecule is CC(C)(C)OC(=O)NC(=N)c1ccc(OCCCN2CCN(Cc3cc(OS(=O)(=O)c4ccccc4)no3)C(=O)C2=O)cc1. The van der Waals surface area contributed by atoms with Gasteiger partial charge in [0.2, 0.25) is 0 Å². The fourth-order valence-corrected chi connectivity index (χ4v) is 4.95. The van der Waals surface area contributed by atoms with Gasteiger partial charge in [0.15, 0.2) is 5.76 Å². The molecular formula is C29H33N5O9S. The van der Waals surface area contributed by atoms with E-state index >= 15 is 0 Å². The van der Waals surface area contributed by atoms with E-state index < -0.39 is 33.6 Å². The van der Waals surface area contributed by atoms with Crippen molar-refractivity contribution in [2.75, 3.05) is 26.2 Å². The van der Waals surface area contributed by atoms with Gasteiger partial charge in [-0.05, 0) is 68.7 Å². The quantitative estimate of drug-likeness (QED) is 0.105. The lowest BCUT2D eigenvalue weighted by Crippen LogP contribution is -2.54. The summed E-state index contributed by atoms with van der Waals surface area (Å²) in [5, 5.41) is 14.0. The first kappa shape index (κ1) is 32.0. The number of amidine groups is 1. The maximum absolute atomic E-state index is 12.7. The van der Waals surface area contributed by atoms with Crippen LogP contribution in [0.1, 0.15) is 38.5 Å². The normalized spacial score (nSPS) is 13.9. The fraction of sp³-hybridized carbons (Fsp3) is 0.345. The maximum atomic E-state index is 12.7. The summed E-state index contributed by atoms with van der Waals surface area (Å²) in [7, 11) is -4.10. The Balaban J connectivity index is 1.19. The first-order valence-electron chi connectivity index (χ1n) is 13.7. The van der Waals surface area contributed by atoms with Crippen molar-refractivity contribution in [2.45, 2.75) is 44.2 Å². The largest absolute Gasteiger partial charge is 0.494 e. The Morgan fingerprint density at radius 3 is 2.36 bits per heavy atom. The molecule has 1 fully saturated rings. The Hall–Kier alpha value is -4.92. The van der Waals surface area contributed by atoms with Crippen LogP contribution in [0.15, 0.2) is 70.1 Å². The summed E-state index contributed by atoms with van der Waals surface area (Å²) in [6, 6.07) is 15.4. The van der Waals surface area contributed by atoms with E-state index in [2.05, 4.69) is 10.5 Å². The number of piperazine rings is 1. The summed E-state index contributed by atoms with van der Waals surface area (Å²) in [6.45, 7) is 6.24. The van der Waals surface area contributed by atoms with Crippen molar-refractivity contribution in [3.05, 3.63) is 72.0 Å². The van der Waals surface area contributed by atoms with Crippen LogP contribution in [0.2, 0.25) is 0 Å². The third-order valence-electron chi connectivity index (χ3n) is 6.12. The molecule has 0 bridgehead atoms.